The standard InChI is InChI=1S/C13H28N.C4BN4/c1-3-4-5-6-7-8-11-14(2)12-9-10-13-14;6-1-5(2-7,3-8)4-9/h3-13H2,1-2H3;/q+1;-1. The maximum atomic E-state index is 8.09. The molecule has 1 heterocycles. The summed E-state index contributed by atoms with van der Waals surface area (Å²) in [5, 5.41) is 32.3. The van der Waals surface area contributed by atoms with Gasteiger partial charge in [0.15, 0.2) is 0 Å². The van der Waals surface area contributed by atoms with Gasteiger partial charge in [-0.05, 0) is 12.8 Å². The first-order chi connectivity index (χ1) is 11.0. The van der Waals surface area contributed by atoms with Crippen LogP contribution >= 0.6 is 0 Å². The molecule has 0 spiro atoms. The van der Waals surface area contributed by atoms with Crippen LogP contribution in [-0.4, -0.2) is 37.3 Å². The Balaban J connectivity index is 0.000000468. The van der Waals surface area contributed by atoms with Gasteiger partial charge in [0.1, 0.15) is 0 Å². The van der Waals surface area contributed by atoms with E-state index in [2.05, 4.69) is 14.0 Å². The second-order valence-electron chi connectivity index (χ2n) is 6.65. The Hall–Kier alpha value is -2.02. The zero-order chi connectivity index (χ0) is 17.6. The van der Waals surface area contributed by atoms with Gasteiger partial charge >= 0.3 is 6.15 Å². The third kappa shape index (κ3) is 8.25. The summed E-state index contributed by atoms with van der Waals surface area (Å²) in [7, 11) is 2.44. The van der Waals surface area contributed by atoms with Crippen molar-refractivity contribution in [3.63, 3.8) is 0 Å². The smallest absolute Gasteiger partial charge is 0.326 e. The highest BCUT2D eigenvalue weighted by Crippen LogP contribution is 2.18. The molecule has 0 aromatic carbocycles. The molecule has 0 aliphatic carbocycles. The molecule has 0 atom stereocenters. The van der Waals surface area contributed by atoms with Crippen LogP contribution in [0.2, 0.25) is 0 Å². The van der Waals surface area contributed by atoms with Crippen molar-refractivity contribution in [1.82, 2.24) is 0 Å². The van der Waals surface area contributed by atoms with Crippen LogP contribution in [0.4, 0.5) is 0 Å². The first kappa shape index (κ1) is 21.0. The summed E-state index contributed by atoms with van der Waals surface area (Å²) in [6.07, 6.45) is 8.86. The molecular formula is C17H28BN5. The Morgan fingerprint density at radius 2 is 1.22 bits per heavy atom. The summed E-state index contributed by atoms with van der Waals surface area (Å²) < 4.78 is 1.37. The van der Waals surface area contributed by atoms with Gasteiger partial charge in [-0.2, -0.15) is 0 Å². The van der Waals surface area contributed by atoms with Gasteiger partial charge in [0.25, 0.3) is 0 Å². The van der Waals surface area contributed by atoms with E-state index in [1.165, 1.54) is 99.4 Å². The van der Waals surface area contributed by atoms with Crippen LogP contribution in [0.15, 0.2) is 0 Å². The molecule has 6 heteroatoms. The van der Waals surface area contributed by atoms with Gasteiger partial charge in [-0.25, -0.2) is 21.0 Å². The Labute approximate surface area is 141 Å². The average Bonchev–Trinajstić information content (AvgIpc) is 3.01. The van der Waals surface area contributed by atoms with Crippen molar-refractivity contribution in [2.75, 3.05) is 26.7 Å². The summed E-state index contributed by atoms with van der Waals surface area (Å²) >= 11 is 0. The van der Waals surface area contributed by atoms with Crippen LogP contribution in [0.25, 0.3) is 0 Å². The first-order valence-electron chi connectivity index (χ1n) is 8.65. The van der Waals surface area contributed by atoms with Crippen molar-refractivity contribution < 1.29 is 4.48 Å². The molecule has 23 heavy (non-hydrogen) atoms. The second-order valence-corrected chi connectivity index (χ2v) is 6.65. The van der Waals surface area contributed by atoms with Gasteiger partial charge in [0.2, 0.25) is 0 Å². The number of likely N-dealkylation sites (tertiary alicyclic amines) is 1. The number of hydrogen-bond acceptors (Lipinski definition) is 4. The van der Waals surface area contributed by atoms with Crippen molar-refractivity contribution >= 4 is 6.15 Å². The zero-order valence-corrected chi connectivity index (χ0v) is 14.6. The maximum Gasteiger partial charge on any atom is 0.383 e. The molecule has 0 bridgehead atoms. The molecule has 1 fully saturated rings. The van der Waals surface area contributed by atoms with E-state index in [1.54, 1.807) is 0 Å². The molecule has 0 N–H and O–H groups in total. The number of nitriles is 4. The third-order valence-corrected chi connectivity index (χ3v) is 4.47. The fourth-order valence-electron chi connectivity index (χ4n) is 2.77. The molecule has 0 radical (unpaired) electrons. The highest BCUT2D eigenvalue weighted by molar-refractivity contribution is 7.05. The lowest BCUT2D eigenvalue weighted by Crippen LogP contribution is -2.41. The van der Waals surface area contributed by atoms with Crippen molar-refractivity contribution in [1.29, 1.82) is 21.0 Å². The number of nitrogens with zero attached hydrogens (tertiary/aromatic N) is 5. The molecule has 0 aromatic heterocycles. The van der Waals surface area contributed by atoms with Crippen LogP contribution in [-0.2, 0) is 0 Å². The van der Waals surface area contributed by atoms with Crippen molar-refractivity contribution in [2.24, 2.45) is 0 Å². The Bertz CT molecular complexity index is 436. The summed E-state index contributed by atoms with van der Waals surface area (Å²) in [5.74, 6) is 5.38. The Kier molecular flexibility index (Phi) is 10.5. The third-order valence-electron chi connectivity index (χ3n) is 4.47. The predicted molar refractivity (Wildman–Crippen MR) is 91.6 cm³/mol. The fraction of sp³-hybridized carbons (Fsp3) is 0.765. The van der Waals surface area contributed by atoms with Gasteiger partial charge in [-0.1, -0.05) is 32.6 Å². The molecule has 0 aromatic rings. The lowest BCUT2D eigenvalue weighted by atomic mass is 9.30. The summed E-state index contributed by atoms with van der Waals surface area (Å²) in [5.41, 5.74) is 0. The van der Waals surface area contributed by atoms with Crippen molar-refractivity contribution in [3.05, 3.63) is 0 Å². The van der Waals surface area contributed by atoms with E-state index in [-0.39, 0.29) is 0 Å². The van der Waals surface area contributed by atoms with Gasteiger partial charge < -0.3 is 4.48 Å². The van der Waals surface area contributed by atoms with E-state index in [4.69, 9.17) is 21.0 Å². The number of hydrogen-bond donors (Lipinski definition) is 0. The summed E-state index contributed by atoms with van der Waals surface area (Å²) in [6, 6.07) is 0. The van der Waals surface area contributed by atoms with E-state index >= 15 is 0 Å². The van der Waals surface area contributed by atoms with Gasteiger partial charge in [-0.3, -0.25) is 0 Å². The van der Waals surface area contributed by atoms with E-state index in [0.717, 1.165) is 0 Å². The van der Waals surface area contributed by atoms with Crippen LogP contribution in [0.5, 0.6) is 0 Å². The lowest BCUT2D eigenvalue weighted by Gasteiger charge is -2.29. The van der Waals surface area contributed by atoms with Crippen LogP contribution in [0.1, 0.15) is 58.3 Å². The highest BCUT2D eigenvalue weighted by Gasteiger charge is 2.25. The molecular weight excluding hydrogens is 285 g/mol. The van der Waals surface area contributed by atoms with E-state index in [0.29, 0.717) is 0 Å². The molecule has 5 nitrogen and oxygen atoms in total. The van der Waals surface area contributed by atoms with Crippen molar-refractivity contribution in [2.45, 2.75) is 58.3 Å². The molecule has 1 aliphatic heterocycles. The Morgan fingerprint density at radius 3 is 1.61 bits per heavy atom. The van der Waals surface area contributed by atoms with Crippen LogP contribution in [0, 0.1) is 44.9 Å². The minimum Gasteiger partial charge on any atom is -0.326 e. The molecule has 1 aliphatic rings. The molecule has 0 saturated carbocycles. The highest BCUT2D eigenvalue weighted by atomic mass is 15.3. The van der Waals surface area contributed by atoms with Crippen LogP contribution < -0.4 is 0 Å². The van der Waals surface area contributed by atoms with Gasteiger partial charge in [-0.15, -0.1) is 23.9 Å². The Morgan fingerprint density at radius 1 is 0.783 bits per heavy atom. The second kappa shape index (κ2) is 11.5. The summed E-state index contributed by atoms with van der Waals surface area (Å²) in [4.78, 5) is 0. The lowest BCUT2D eigenvalue weighted by molar-refractivity contribution is -0.897. The van der Waals surface area contributed by atoms with Gasteiger partial charge in [0, 0.05) is 12.8 Å². The van der Waals surface area contributed by atoms with E-state index < -0.39 is 6.15 Å². The normalized spacial score (nSPS) is 15.2. The van der Waals surface area contributed by atoms with E-state index in [9.17, 15) is 0 Å². The quantitative estimate of drug-likeness (QED) is 0.409. The number of quaternary nitrogens is 1. The molecule has 0 amide bonds. The molecule has 124 valence electrons. The minimum absolute atomic E-state index is 1.34. The number of rotatable bonds is 7. The topological polar surface area (TPSA) is 95.2 Å². The maximum absolute atomic E-state index is 8.09. The van der Waals surface area contributed by atoms with Gasteiger partial charge in [0.05, 0.1) is 26.7 Å². The minimum atomic E-state index is -2.72. The van der Waals surface area contributed by atoms with E-state index in [1.807, 2.05) is 0 Å². The SMILES string of the molecule is CCCCCCCC[N+]1(C)CCCC1.N#C[B-](C#N)(C#N)C#N. The first-order valence-corrected chi connectivity index (χ1v) is 8.65. The zero-order valence-electron chi connectivity index (χ0n) is 14.6. The fourth-order valence-corrected chi connectivity index (χ4v) is 2.77. The molecule has 0 unspecified atom stereocenters. The summed E-state index contributed by atoms with van der Waals surface area (Å²) in [6.45, 7) is 6.60. The molecule has 1 rings (SSSR count). The monoisotopic (exact) mass is 313 g/mol. The predicted octanol–water partition coefficient (Wildman–Crippen LogP) is 3.27. The molecule has 1 saturated heterocycles. The van der Waals surface area contributed by atoms with Crippen LogP contribution in [0.3, 0.4) is 0 Å². The van der Waals surface area contributed by atoms with Crippen molar-refractivity contribution in [3.8, 4) is 23.9 Å². The number of unbranched alkanes of at least 4 members (excludes halogenated alkanes) is 5. The average molecular weight is 313 g/mol. The largest absolute Gasteiger partial charge is 0.383 e.